The van der Waals surface area contributed by atoms with Gasteiger partial charge in [-0.05, 0) is 48.9 Å². The van der Waals surface area contributed by atoms with E-state index in [0.717, 1.165) is 22.4 Å². The molecular weight excluding hydrogens is 240 g/mol. The number of anilines is 1. The lowest BCUT2D eigenvalue weighted by Crippen LogP contribution is -1.86. The topological polar surface area (TPSA) is 61.3 Å². The van der Waals surface area contributed by atoms with Crippen molar-refractivity contribution < 1.29 is 9.15 Å². The molecule has 1 aromatic heterocycles. The van der Waals surface area contributed by atoms with Crippen LogP contribution in [0.1, 0.15) is 5.56 Å². The van der Waals surface area contributed by atoms with E-state index in [2.05, 4.69) is 4.98 Å². The first kappa shape index (κ1) is 11.6. The molecule has 0 fully saturated rings. The average molecular weight is 254 g/mol. The monoisotopic (exact) mass is 254 g/mol. The summed E-state index contributed by atoms with van der Waals surface area (Å²) < 4.78 is 10.9. The fourth-order valence-corrected chi connectivity index (χ4v) is 2.06. The molecule has 0 saturated heterocycles. The van der Waals surface area contributed by atoms with Gasteiger partial charge in [-0.25, -0.2) is 4.98 Å². The number of hydrogen-bond acceptors (Lipinski definition) is 4. The molecule has 4 heteroatoms. The van der Waals surface area contributed by atoms with Crippen molar-refractivity contribution in [3.8, 4) is 17.2 Å². The van der Waals surface area contributed by atoms with Gasteiger partial charge >= 0.3 is 0 Å². The standard InChI is InChI=1S/C15H14N2O2/c1-9-7-12(16)14-13(8-9)17-15(19-14)10-3-5-11(18-2)6-4-10/h3-8H,16H2,1-2H3. The van der Waals surface area contributed by atoms with E-state index in [-0.39, 0.29) is 0 Å². The zero-order valence-corrected chi connectivity index (χ0v) is 10.8. The number of benzene rings is 2. The largest absolute Gasteiger partial charge is 0.497 e. The first-order chi connectivity index (χ1) is 9.17. The van der Waals surface area contributed by atoms with Gasteiger partial charge in [0.1, 0.15) is 11.3 Å². The van der Waals surface area contributed by atoms with E-state index < -0.39 is 0 Å². The average Bonchev–Trinajstić information content (AvgIpc) is 2.83. The molecule has 2 aromatic carbocycles. The number of nitrogen functional groups attached to an aromatic ring is 1. The van der Waals surface area contributed by atoms with Gasteiger partial charge in [-0.1, -0.05) is 0 Å². The van der Waals surface area contributed by atoms with Crippen molar-refractivity contribution in [2.45, 2.75) is 6.92 Å². The van der Waals surface area contributed by atoms with Crippen LogP contribution in [0.2, 0.25) is 0 Å². The first-order valence-electron chi connectivity index (χ1n) is 5.98. The quantitative estimate of drug-likeness (QED) is 0.712. The van der Waals surface area contributed by atoms with Gasteiger partial charge in [-0.15, -0.1) is 0 Å². The van der Waals surface area contributed by atoms with Gasteiger partial charge in [-0.2, -0.15) is 0 Å². The van der Waals surface area contributed by atoms with E-state index in [1.165, 1.54) is 0 Å². The van der Waals surface area contributed by atoms with E-state index in [4.69, 9.17) is 14.9 Å². The second-order valence-corrected chi connectivity index (χ2v) is 4.45. The van der Waals surface area contributed by atoms with Crippen LogP contribution in [0.3, 0.4) is 0 Å². The lowest BCUT2D eigenvalue weighted by molar-refractivity contribution is 0.415. The van der Waals surface area contributed by atoms with Crippen LogP contribution in [0, 0.1) is 6.92 Å². The van der Waals surface area contributed by atoms with Crippen molar-refractivity contribution in [1.82, 2.24) is 4.98 Å². The molecule has 0 aliphatic rings. The fourth-order valence-electron chi connectivity index (χ4n) is 2.06. The number of nitrogens with zero attached hydrogens (tertiary/aromatic N) is 1. The third kappa shape index (κ3) is 2.01. The van der Waals surface area contributed by atoms with Crippen LogP contribution in [0.25, 0.3) is 22.6 Å². The van der Waals surface area contributed by atoms with E-state index in [1.54, 1.807) is 7.11 Å². The zero-order chi connectivity index (χ0) is 13.4. The molecule has 0 saturated carbocycles. The molecule has 0 spiro atoms. The number of methoxy groups -OCH3 is 1. The number of aromatic nitrogens is 1. The van der Waals surface area contributed by atoms with E-state index in [9.17, 15) is 0 Å². The lowest BCUT2D eigenvalue weighted by Gasteiger charge is -1.99. The Labute approximate surface area is 110 Å². The molecular formula is C15H14N2O2. The summed E-state index contributed by atoms with van der Waals surface area (Å²) in [5.74, 6) is 1.37. The molecule has 4 nitrogen and oxygen atoms in total. The zero-order valence-electron chi connectivity index (χ0n) is 10.8. The Balaban J connectivity index is 2.12. The van der Waals surface area contributed by atoms with Crippen LogP contribution in [0.15, 0.2) is 40.8 Å². The predicted octanol–water partition coefficient (Wildman–Crippen LogP) is 3.39. The van der Waals surface area contributed by atoms with Crippen molar-refractivity contribution in [1.29, 1.82) is 0 Å². The molecule has 0 aliphatic carbocycles. The Kier molecular flexibility index (Phi) is 2.63. The SMILES string of the molecule is COc1ccc(-c2nc3cc(C)cc(N)c3o2)cc1. The Morgan fingerprint density at radius 3 is 2.58 bits per heavy atom. The summed E-state index contributed by atoms with van der Waals surface area (Å²) >= 11 is 0. The molecule has 0 amide bonds. The number of ether oxygens (including phenoxy) is 1. The first-order valence-corrected chi connectivity index (χ1v) is 5.98. The summed E-state index contributed by atoms with van der Waals surface area (Å²) in [5, 5.41) is 0. The van der Waals surface area contributed by atoms with Gasteiger partial charge in [0.2, 0.25) is 5.89 Å². The summed E-state index contributed by atoms with van der Waals surface area (Å²) in [6.45, 7) is 1.98. The number of fused-ring (bicyclic) bond motifs is 1. The van der Waals surface area contributed by atoms with Gasteiger partial charge in [0.25, 0.3) is 0 Å². The second kappa shape index (κ2) is 4.31. The highest BCUT2D eigenvalue weighted by Crippen LogP contribution is 2.29. The molecule has 1 heterocycles. The molecule has 0 unspecified atom stereocenters. The lowest BCUT2D eigenvalue weighted by atomic mass is 10.2. The van der Waals surface area contributed by atoms with E-state index >= 15 is 0 Å². The number of nitrogens with two attached hydrogens (primary N) is 1. The minimum atomic E-state index is 0.565. The molecule has 0 atom stereocenters. The van der Waals surface area contributed by atoms with Gasteiger partial charge in [-0.3, -0.25) is 0 Å². The van der Waals surface area contributed by atoms with Crippen LogP contribution >= 0.6 is 0 Å². The van der Waals surface area contributed by atoms with Gasteiger partial charge < -0.3 is 14.9 Å². The maximum atomic E-state index is 5.94. The third-order valence-electron chi connectivity index (χ3n) is 3.00. The highest BCUT2D eigenvalue weighted by molar-refractivity contribution is 5.87. The van der Waals surface area contributed by atoms with Crippen molar-refractivity contribution >= 4 is 16.8 Å². The van der Waals surface area contributed by atoms with Crippen molar-refractivity contribution in [3.05, 3.63) is 42.0 Å². The van der Waals surface area contributed by atoms with Crippen molar-refractivity contribution in [3.63, 3.8) is 0 Å². The minimum absolute atomic E-state index is 0.565. The Morgan fingerprint density at radius 2 is 1.89 bits per heavy atom. The summed E-state index contributed by atoms with van der Waals surface area (Å²) in [7, 11) is 1.64. The smallest absolute Gasteiger partial charge is 0.227 e. The normalized spacial score (nSPS) is 10.8. The Bertz CT molecular complexity index is 730. The highest BCUT2D eigenvalue weighted by atomic mass is 16.5. The Morgan fingerprint density at radius 1 is 1.16 bits per heavy atom. The molecule has 2 N–H and O–H groups in total. The van der Waals surface area contributed by atoms with Gasteiger partial charge in [0, 0.05) is 5.56 Å². The highest BCUT2D eigenvalue weighted by Gasteiger charge is 2.11. The number of hydrogen-bond donors (Lipinski definition) is 1. The molecule has 0 radical (unpaired) electrons. The molecule has 96 valence electrons. The summed E-state index contributed by atoms with van der Waals surface area (Å²) in [6, 6.07) is 11.4. The van der Waals surface area contributed by atoms with E-state index in [1.807, 2.05) is 43.3 Å². The van der Waals surface area contributed by atoms with Crippen LogP contribution in [0.5, 0.6) is 5.75 Å². The minimum Gasteiger partial charge on any atom is -0.497 e. The summed E-state index contributed by atoms with van der Waals surface area (Å²) in [5.41, 5.74) is 9.94. The van der Waals surface area contributed by atoms with Gasteiger partial charge in [0.15, 0.2) is 5.58 Å². The van der Waals surface area contributed by atoms with Crippen LogP contribution in [0.4, 0.5) is 5.69 Å². The second-order valence-electron chi connectivity index (χ2n) is 4.45. The maximum Gasteiger partial charge on any atom is 0.227 e. The molecule has 19 heavy (non-hydrogen) atoms. The Hall–Kier alpha value is -2.49. The fraction of sp³-hybridized carbons (Fsp3) is 0.133. The maximum absolute atomic E-state index is 5.94. The molecule has 3 rings (SSSR count). The molecule has 3 aromatic rings. The van der Waals surface area contributed by atoms with Crippen LogP contribution in [-0.2, 0) is 0 Å². The predicted molar refractivity (Wildman–Crippen MR) is 75.1 cm³/mol. The van der Waals surface area contributed by atoms with Crippen LogP contribution < -0.4 is 10.5 Å². The number of rotatable bonds is 2. The van der Waals surface area contributed by atoms with Crippen molar-refractivity contribution in [2.24, 2.45) is 0 Å². The van der Waals surface area contributed by atoms with Gasteiger partial charge in [0.05, 0.1) is 12.8 Å². The summed E-state index contributed by atoms with van der Waals surface area (Å²) in [4.78, 5) is 4.47. The number of oxazole rings is 1. The number of aryl methyl sites for hydroxylation is 1. The third-order valence-corrected chi connectivity index (χ3v) is 3.00. The van der Waals surface area contributed by atoms with Crippen LogP contribution in [-0.4, -0.2) is 12.1 Å². The van der Waals surface area contributed by atoms with E-state index in [0.29, 0.717) is 17.2 Å². The van der Waals surface area contributed by atoms with Crippen molar-refractivity contribution in [2.75, 3.05) is 12.8 Å². The summed E-state index contributed by atoms with van der Waals surface area (Å²) in [6.07, 6.45) is 0. The molecule has 0 bridgehead atoms. The molecule has 0 aliphatic heterocycles.